The van der Waals surface area contributed by atoms with E-state index in [1.165, 1.54) is 36.8 Å². The van der Waals surface area contributed by atoms with Gasteiger partial charge in [-0.25, -0.2) is 14.8 Å². The predicted molar refractivity (Wildman–Crippen MR) is 165 cm³/mol. The van der Waals surface area contributed by atoms with Gasteiger partial charge in [-0.15, -0.1) is 0 Å². The number of fused-ring (bicyclic) bond motifs is 1. The first-order chi connectivity index (χ1) is 21.7. The normalized spacial score (nSPS) is 22.8. The van der Waals surface area contributed by atoms with Crippen LogP contribution < -0.4 is 20.7 Å². The van der Waals surface area contributed by atoms with Crippen LogP contribution in [-0.2, 0) is 25.5 Å². The molecule has 0 radical (unpaired) electrons. The van der Waals surface area contributed by atoms with E-state index in [0.717, 1.165) is 56.9 Å². The Labute approximate surface area is 268 Å². The molecule has 242 valence electrons. The van der Waals surface area contributed by atoms with Crippen molar-refractivity contribution in [2.24, 2.45) is 5.92 Å². The third kappa shape index (κ3) is 8.02. The van der Waals surface area contributed by atoms with Gasteiger partial charge in [-0.1, -0.05) is 43.5 Å². The number of carbonyl (C=O) groups is 4. The standard InChI is InChI=1S/C32H41ClN6O6/c1-19(44-32(43)34-2)28(40)38-27(21-10-4-3-5-11-21)30(42)39-18-22(45-23-16-35-31(33)36-17-23)15-26(39)29(41)37-25-14-8-12-20-9-6-7-13-24(20)25/h6-7,9,13,16-17,19,21-22,25-27H,3-5,8,10-12,14-15,18H2,1-2H3,(H,34,43)(H,37,41)(H,38,40)/t19?,22-,25+,26-,27?/m0/s1. The Morgan fingerprint density at radius 3 is 2.49 bits per heavy atom. The van der Waals surface area contributed by atoms with E-state index in [1.54, 1.807) is 0 Å². The molecule has 1 aromatic heterocycles. The summed E-state index contributed by atoms with van der Waals surface area (Å²) >= 11 is 5.85. The first-order valence-corrected chi connectivity index (χ1v) is 16.1. The van der Waals surface area contributed by atoms with Crippen LogP contribution in [0.3, 0.4) is 0 Å². The molecule has 2 fully saturated rings. The highest BCUT2D eigenvalue weighted by Gasteiger charge is 2.45. The van der Waals surface area contributed by atoms with E-state index in [2.05, 4.69) is 32.0 Å². The number of aryl methyl sites for hydroxylation is 1. The maximum atomic E-state index is 14.4. The SMILES string of the molecule is CNC(=O)OC(C)C(=O)NC(C(=O)N1C[C@@H](Oc2cnc(Cl)nc2)C[C@H]1C(=O)N[C@@H]1CCCc2ccccc21)C1CCCCC1. The molecule has 3 N–H and O–H groups in total. The highest BCUT2D eigenvalue weighted by Crippen LogP contribution is 2.33. The maximum Gasteiger partial charge on any atom is 0.407 e. The molecule has 2 aliphatic carbocycles. The third-order valence-electron chi connectivity index (χ3n) is 8.98. The number of hydrogen-bond acceptors (Lipinski definition) is 8. The van der Waals surface area contributed by atoms with Crippen molar-refractivity contribution in [2.75, 3.05) is 13.6 Å². The molecule has 1 saturated carbocycles. The first-order valence-electron chi connectivity index (χ1n) is 15.7. The maximum absolute atomic E-state index is 14.4. The van der Waals surface area contributed by atoms with Crippen LogP contribution in [0.2, 0.25) is 5.28 Å². The average Bonchev–Trinajstić information content (AvgIpc) is 3.48. The van der Waals surface area contributed by atoms with Gasteiger partial charge in [0, 0.05) is 13.5 Å². The summed E-state index contributed by atoms with van der Waals surface area (Å²) in [6.45, 7) is 1.59. The van der Waals surface area contributed by atoms with Gasteiger partial charge in [-0.3, -0.25) is 14.4 Å². The largest absolute Gasteiger partial charge is 0.485 e. The van der Waals surface area contributed by atoms with Crippen molar-refractivity contribution in [1.29, 1.82) is 0 Å². The number of ether oxygens (including phenoxy) is 2. The van der Waals surface area contributed by atoms with E-state index in [9.17, 15) is 19.2 Å². The van der Waals surface area contributed by atoms with E-state index < -0.39 is 36.3 Å². The second kappa shape index (κ2) is 14.9. The highest BCUT2D eigenvalue weighted by atomic mass is 35.5. The van der Waals surface area contributed by atoms with Gasteiger partial charge in [0.15, 0.2) is 11.9 Å². The lowest BCUT2D eigenvalue weighted by atomic mass is 9.83. The molecule has 5 atom stereocenters. The third-order valence-corrected chi connectivity index (χ3v) is 9.17. The predicted octanol–water partition coefficient (Wildman–Crippen LogP) is 3.48. The molecule has 2 unspecified atom stereocenters. The summed E-state index contributed by atoms with van der Waals surface area (Å²) in [5.41, 5.74) is 2.31. The Morgan fingerprint density at radius 2 is 1.76 bits per heavy atom. The Kier molecular flexibility index (Phi) is 10.7. The molecule has 0 spiro atoms. The average molecular weight is 641 g/mol. The number of amides is 4. The fourth-order valence-corrected chi connectivity index (χ4v) is 6.77. The monoisotopic (exact) mass is 640 g/mol. The molecule has 0 bridgehead atoms. The number of benzene rings is 1. The molecule has 1 saturated heterocycles. The van der Waals surface area contributed by atoms with Gasteiger partial charge in [0.25, 0.3) is 5.91 Å². The molecule has 45 heavy (non-hydrogen) atoms. The second-order valence-electron chi connectivity index (χ2n) is 12.0. The van der Waals surface area contributed by atoms with E-state index in [-0.39, 0.29) is 42.0 Å². The van der Waals surface area contributed by atoms with Gasteiger partial charge in [0.2, 0.25) is 17.1 Å². The van der Waals surface area contributed by atoms with Crippen molar-refractivity contribution in [2.45, 2.75) is 95.0 Å². The lowest BCUT2D eigenvalue weighted by molar-refractivity contribution is -0.144. The topological polar surface area (TPSA) is 152 Å². The zero-order valence-electron chi connectivity index (χ0n) is 25.7. The summed E-state index contributed by atoms with van der Waals surface area (Å²) < 4.78 is 11.3. The number of nitrogens with zero attached hydrogens (tertiary/aromatic N) is 3. The summed E-state index contributed by atoms with van der Waals surface area (Å²) in [7, 11) is 1.40. The van der Waals surface area contributed by atoms with Crippen molar-refractivity contribution >= 4 is 35.4 Å². The van der Waals surface area contributed by atoms with Crippen LogP contribution in [0.1, 0.15) is 75.5 Å². The zero-order valence-corrected chi connectivity index (χ0v) is 26.4. The van der Waals surface area contributed by atoms with Crippen molar-refractivity contribution in [3.8, 4) is 5.75 Å². The van der Waals surface area contributed by atoms with Crippen LogP contribution >= 0.6 is 11.6 Å². The van der Waals surface area contributed by atoms with Gasteiger partial charge in [-0.2, -0.15) is 0 Å². The van der Waals surface area contributed by atoms with Crippen LogP contribution in [0.15, 0.2) is 36.7 Å². The van der Waals surface area contributed by atoms with Gasteiger partial charge in [0.1, 0.15) is 18.2 Å². The number of nitrogens with one attached hydrogen (secondary N) is 3. The first kappa shape index (κ1) is 32.5. The quantitative estimate of drug-likeness (QED) is 0.353. The van der Waals surface area contributed by atoms with Gasteiger partial charge < -0.3 is 30.3 Å². The minimum absolute atomic E-state index is 0.0799. The van der Waals surface area contributed by atoms with Crippen LogP contribution in [-0.4, -0.2) is 76.6 Å². The van der Waals surface area contributed by atoms with Crippen molar-refractivity contribution in [1.82, 2.24) is 30.8 Å². The van der Waals surface area contributed by atoms with Crippen molar-refractivity contribution < 1.29 is 28.7 Å². The zero-order chi connectivity index (χ0) is 31.9. The van der Waals surface area contributed by atoms with Gasteiger partial charge in [-0.05, 0) is 67.7 Å². The minimum atomic E-state index is -1.12. The fourth-order valence-electron chi connectivity index (χ4n) is 6.67. The Bertz CT molecular complexity index is 1370. The Hall–Kier alpha value is -3.93. The molecule has 13 heteroatoms. The van der Waals surface area contributed by atoms with Crippen molar-refractivity contribution in [3.05, 3.63) is 53.1 Å². The van der Waals surface area contributed by atoms with Crippen LogP contribution in [0, 0.1) is 5.92 Å². The number of likely N-dealkylation sites (tertiary alicyclic amines) is 1. The van der Waals surface area contributed by atoms with Gasteiger partial charge in [0.05, 0.1) is 25.0 Å². The molecular formula is C32H41ClN6O6. The lowest BCUT2D eigenvalue weighted by Crippen LogP contribution is -2.57. The Balaban J connectivity index is 1.39. The fraction of sp³-hybridized carbons (Fsp3) is 0.562. The lowest BCUT2D eigenvalue weighted by Gasteiger charge is -2.35. The van der Waals surface area contributed by atoms with E-state index in [0.29, 0.717) is 5.75 Å². The van der Waals surface area contributed by atoms with Crippen LogP contribution in [0.5, 0.6) is 5.75 Å². The molecule has 12 nitrogen and oxygen atoms in total. The molecule has 1 aromatic carbocycles. The summed E-state index contributed by atoms with van der Waals surface area (Å²) in [6, 6.07) is 6.22. The van der Waals surface area contributed by atoms with Crippen LogP contribution in [0.4, 0.5) is 4.79 Å². The molecule has 5 rings (SSSR count). The molecule has 4 amide bonds. The number of rotatable bonds is 9. The summed E-state index contributed by atoms with van der Waals surface area (Å²) in [5, 5.41) is 8.50. The minimum Gasteiger partial charge on any atom is -0.485 e. The summed E-state index contributed by atoms with van der Waals surface area (Å²) in [5.74, 6) is -0.955. The number of halogens is 1. The van der Waals surface area contributed by atoms with Gasteiger partial charge >= 0.3 is 6.09 Å². The van der Waals surface area contributed by atoms with E-state index in [4.69, 9.17) is 21.1 Å². The molecule has 2 aromatic rings. The van der Waals surface area contributed by atoms with Crippen molar-refractivity contribution in [3.63, 3.8) is 0 Å². The summed E-state index contributed by atoms with van der Waals surface area (Å²) in [6.07, 6.45) is 7.90. The Morgan fingerprint density at radius 1 is 1.02 bits per heavy atom. The number of carbonyl (C=O) groups excluding carboxylic acids is 4. The number of alkyl carbamates (subject to hydrolysis) is 1. The van der Waals surface area contributed by atoms with E-state index in [1.807, 2.05) is 18.2 Å². The number of aromatic nitrogens is 2. The van der Waals surface area contributed by atoms with E-state index >= 15 is 0 Å². The van der Waals surface area contributed by atoms with Crippen LogP contribution in [0.25, 0.3) is 0 Å². The molecular weight excluding hydrogens is 600 g/mol. The smallest absolute Gasteiger partial charge is 0.407 e. The highest BCUT2D eigenvalue weighted by molar-refractivity contribution is 6.28. The molecule has 1 aliphatic heterocycles. The molecule has 3 aliphatic rings. The molecule has 2 heterocycles. The summed E-state index contributed by atoms with van der Waals surface area (Å²) in [4.78, 5) is 62.9. The number of hydrogen-bond donors (Lipinski definition) is 3. The second-order valence-corrected chi connectivity index (χ2v) is 12.3.